The normalized spacial score (nSPS) is 13.7. The zero-order valence-electron chi connectivity index (χ0n) is 7.87. The smallest absolute Gasteiger partial charge is 0.140 e. The standard InChI is InChI=1S/C12H8FO2/c13-10-5-8-2-4-15-12(8)11(6-10)9-1-3-14-7-9/h1,3-7H,2H2. The SMILES string of the molecule is Fc1cc2c(c(-c3ccoc3)c1)O[CH]C2. The summed E-state index contributed by atoms with van der Waals surface area (Å²) in [5.41, 5.74) is 2.46. The van der Waals surface area contributed by atoms with Crippen LogP contribution in [-0.2, 0) is 6.42 Å². The van der Waals surface area contributed by atoms with Gasteiger partial charge in [-0.15, -0.1) is 0 Å². The number of rotatable bonds is 1. The maximum atomic E-state index is 13.3. The first-order chi connectivity index (χ1) is 7.34. The molecule has 2 heterocycles. The van der Waals surface area contributed by atoms with E-state index in [1.165, 1.54) is 12.1 Å². The van der Waals surface area contributed by atoms with Gasteiger partial charge in [0.05, 0.1) is 12.5 Å². The van der Waals surface area contributed by atoms with E-state index in [1.54, 1.807) is 25.2 Å². The van der Waals surface area contributed by atoms with Crippen LogP contribution >= 0.6 is 0 Å². The molecule has 0 saturated heterocycles. The summed E-state index contributed by atoms with van der Waals surface area (Å²) in [5, 5.41) is 0. The summed E-state index contributed by atoms with van der Waals surface area (Å²) in [7, 11) is 0. The molecule has 75 valence electrons. The maximum absolute atomic E-state index is 13.3. The number of benzene rings is 1. The van der Waals surface area contributed by atoms with Crippen LogP contribution in [0.1, 0.15) is 5.56 Å². The van der Waals surface area contributed by atoms with Crippen molar-refractivity contribution in [1.82, 2.24) is 0 Å². The summed E-state index contributed by atoms with van der Waals surface area (Å²) in [5.74, 6) is 0.488. The Morgan fingerprint density at radius 2 is 2.20 bits per heavy atom. The van der Waals surface area contributed by atoms with Crippen molar-refractivity contribution >= 4 is 0 Å². The summed E-state index contributed by atoms with van der Waals surface area (Å²) >= 11 is 0. The minimum atomic E-state index is -0.246. The fraction of sp³-hybridized carbons (Fsp3) is 0.0833. The van der Waals surface area contributed by atoms with Crippen LogP contribution in [0.25, 0.3) is 11.1 Å². The van der Waals surface area contributed by atoms with E-state index in [0.717, 1.165) is 22.4 Å². The van der Waals surface area contributed by atoms with Crippen LogP contribution in [0.5, 0.6) is 5.75 Å². The molecule has 0 N–H and O–H groups in total. The number of furan rings is 1. The van der Waals surface area contributed by atoms with Crippen molar-refractivity contribution in [3.63, 3.8) is 0 Å². The van der Waals surface area contributed by atoms with Gasteiger partial charge in [0, 0.05) is 23.1 Å². The molecular weight excluding hydrogens is 195 g/mol. The van der Waals surface area contributed by atoms with Gasteiger partial charge >= 0.3 is 0 Å². The molecule has 1 aromatic heterocycles. The van der Waals surface area contributed by atoms with Gasteiger partial charge in [0.2, 0.25) is 0 Å². The molecule has 0 aliphatic carbocycles. The van der Waals surface area contributed by atoms with Crippen molar-refractivity contribution in [1.29, 1.82) is 0 Å². The van der Waals surface area contributed by atoms with Crippen LogP contribution in [0.15, 0.2) is 35.1 Å². The molecule has 3 rings (SSSR count). The van der Waals surface area contributed by atoms with Crippen LogP contribution in [-0.4, -0.2) is 0 Å². The fourth-order valence-corrected chi connectivity index (χ4v) is 1.79. The van der Waals surface area contributed by atoms with E-state index in [4.69, 9.17) is 9.15 Å². The van der Waals surface area contributed by atoms with E-state index < -0.39 is 0 Å². The van der Waals surface area contributed by atoms with Gasteiger partial charge in [-0.25, -0.2) is 4.39 Å². The van der Waals surface area contributed by atoms with Gasteiger partial charge in [0.15, 0.2) is 0 Å². The van der Waals surface area contributed by atoms with Crippen LogP contribution < -0.4 is 4.74 Å². The molecule has 2 aromatic rings. The Bertz CT molecular complexity index is 489. The lowest BCUT2D eigenvalue weighted by Crippen LogP contribution is -1.86. The first-order valence-electron chi connectivity index (χ1n) is 4.68. The molecule has 3 heteroatoms. The van der Waals surface area contributed by atoms with E-state index in [-0.39, 0.29) is 5.82 Å². The number of hydrogen-bond donors (Lipinski definition) is 0. The second-order valence-corrected chi connectivity index (χ2v) is 3.44. The Morgan fingerprint density at radius 3 is 3.00 bits per heavy atom. The highest BCUT2D eigenvalue weighted by Crippen LogP contribution is 2.38. The highest BCUT2D eigenvalue weighted by atomic mass is 19.1. The van der Waals surface area contributed by atoms with Gasteiger partial charge in [-0.1, -0.05) is 0 Å². The van der Waals surface area contributed by atoms with Crippen molar-refractivity contribution in [2.45, 2.75) is 6.42 Å². The lowest BCUT2D eigenvalue weighted by Gasteiger charge is -2.05. The monoisotopic (exact) mass is 203 g/mol. The number of halogens is 1. The third-order valence-corrected chi connectivity index (χ3v) is 2.47. The number of ether oxygens (including phenoxy) is 1. The van der Waals surface area contributed by atoms with E-state index in [9.17, 15) is 4.39 Å². The van der Waals surface area contributed by atoms with Crippen LogP contribution in [0.2, 0.25) is 0 Å². The fourth-order valence-electron chi connectivity index (χ4n) is 1.79. The first-order valence-corrected chi connectivity index (χ1v) is 4.68. The number of hydrogen-bond acceptors (Lipinski definition) is 2. The Hall–Kier alpha value is -1.77. The van der Waals surface area contributed by atoms with Gasteiger partial charge in [0.1, 0.15) is 18.2 Å². The average Bonchev–Trinajstić information content (AvgIpc) is 2.86. The van der Waals surface area contributed by atoms with Gasteiger partial charge in [-0.2, -0.15) is 0 Å². The quantitative estimate of drug-likeness (QED) is 0.710. The molecule has 1 aliphatic heterocycles. The Kier molecular flexibility index (Phi) is 1.78. The van der Waals surface area contributed by atoms with Gasteiger partial charge in [-0.05, 0) is 18.2 Å². The van der Waals surface area contributed by atoms with Gasteiger partial charge in [0.25, 0.3) is 0 Å². The molecular formula is C12H8FO2. The second kappa shape index (κ2) is 3.12. The molecule has 0 unspecified atom stereocenters. The third-order valence-electron chi connectivity index (χ3n) is 2.47. The van der Waals surface area contributed by atoms with Crippen molar-refractivity contribution < 1.29 is 13.5 Å². The van der Waals surface area contributed by atoms with Crippen LogP contribution in [0.3, 0.4) is 0 Å². The van der Waals surface area contributed by atoms with Gasteiger partial charge < -0.3 is 9.15 Å². The molecule has 0 amide bonds. The summed E-state index contributed by atoms with van der Waals surface area (Å²) < 4.78 is 23.7. The molecule has 1 aliphatic rings. The van der Waals surface area contributed by atoms with Gasteiger partial charge in [-0.3, -0.25) is 0 Å². The predicted octanol–water partition coefficient (Wildman–Crippen LogP) is 3.18. The summed E-state index contributed by atoms with van der Waals surface area (Å²) in [6.07, 6.45) is 3.79. The van der Waals surface area contributed by atoms with Crippen LogP contribution in [0, 0.1) is 12.4 Å². The van der Waals surface area contributed by atoms with Crippen molar-refractivity contribution in [2.24, 2.45) is 0 Å². The second-order valence-electron chi connectivity index (χ2n) is 3.44. The van der Waals surface area contributed by atoms with E-state index in [2.05, 4.69) is 0 Å². The largest absolute Gasteiger partial charge is 0.485 e. The topological polar surface area (TPSA) is 22.4 Å². The molecule has 0 atom stereocenters. The molecule has 0 saturated carbocycles. The molecule has 2 nitrogen and oxygen atoms in total. The molecule has 0 bridgehead atoms. The molecule has 1 aromatic carbocycles. The van der Waals surface area contributed by atoms with Crippen LogP contribution in [0.4, 0.5) is 4.39 Å². The highest BCUT2D eigenvalue weighted by molar-refractivity contribution is 5.72. The Morgan fingerprint density at radius 1 is 1.27 bits per heavy atom. The minimum absolute atomic E-state index is 0.246. The molecule has 1 radical (unpaired) electrons. The zero-order chi connectivity index (χ0) is 10.3. The summed E-state index contributed by atoms with van der Waals surface area (Å²) in [6, 6.07) is 4.75. The average molecular weight is 203 g/mol. The lowest BCUT2D eigenvalue weighted by atomic mass is 10.0. The molecule has 0 spiro atoms. The van der Waals surface area contributed by atoms with E-state index in [0.29, 0.717) is 6.42 Å². The van der Waals surface area contributed by atoms with E-state index in [1.807, 2.05) is 0 Å². The molecule has 0 fully saturated rings. The molecule has 15 heavy (non-hydrogen) atoms. The first kappa shape index (κ1) is 8.53. The van der Waals surface area contributed by atoms with Crippen molar-refractivity contribution in [3.05, 3.63) is 48.7 Å². The minimum Gasteiger partial charge on any atom is -0.485 e. The van der Waals surface area contributed by atoms with E-state index >= 15 is 0 Å². The summed E-state index contributed by atoms with van der Waals surface area (Å²) in [4.78, 5) is 0. The maximum Gasteiger partial charge on any atom is 0.140 e. The van der Waals surface area contributed by atoms with Crippen molar-refractivity contribution in [3.8, 4) is 16.9 Å². The van der Waals surface area contributed by atoms with Crippen molar-refractivity contribution in [2.75, 3.05) is 0 Å². The third kappa shape index (κ3) is 1.31. The predicted molar refractivity (Wildman–Crippen MR) is 52.7 cm³/mol. The number of fused-ring (bicyclic) bond motifs is 1. The zero-order valence-corrected chi connectivity index (χ0v) is 7.87. The summed E-state index contributed by atoms with van der Waals surface area (Å²) in [6.45, 7) is 1.67. The Balaban J connectivity index is 2.23. The Labute approximate surface area is 86.3 Å². The lowest BCUT2D eigenvalue weighted by molar-refractivity contribution is 0.436. The highest BCUT2D eigenvalue weighted by Gasteiger charge is 2.19.